The third-order valence-electron chi connectivity index (χ3n) is 3.66. The summed E-state index contributed by atoms with van der Waals surface area (Å²) < 4.78 is 21.0. The molecule has 0 saturated carbocycles. The van der Waals surface area contributed by atoms with Crippen molar-refractivity contribution < 1.29 is 23.5 Å². The standard InChI is InChI=1S/C20H19NO5/c1-14-4-3-5-18(10-14)24-13-20(22)25-12-16-11-19(26-21-16)15-6-8-17(23-2)9-7-15/h3-11H,12-13H2,1-2H3. The number of benzene rings is 2. The molecule has 0 unspecified atom stereocenters. The van der Waals surface area contributed by atoms with Crippen molar-refractivity contribution in [3.05, 3.63) is 65.9 Å². The molecule has 0 fully saturated rings. The van der Waals surface area contributed by atoms with E-state index in [1.54, 1.807) is 19.2 Å². The molecule has 2 aromatic carbocycles. The van der Waals surface area contributed by atoms with Gasteiger partial charge in [0.15, 0.2) is 12.4 Å². The van der Waals surface area contributed by atoms with Crippen LogP contribution < -0.4 is 9.47 Å². The van der Waals surface area contributed by atoms with Crippen LogP contribution in [0.3, 0.4) is 0 Å². The fraction of sp³-hybridized carbons (Fsp3) is 0.200. The second-order valence-electron chi connectivity index (χ2n) is 5.68. The first-order valence-corrected chi connectivity index (χ1v) is 8.09. The van der Waals surface area contributed by atoms with Gasteiger partial charge in [0.05, 0.1) is 7.11 Å². The van der Waals surface area contributed by atoms with E-state index in [0.29, 0.717) is 17.2 Å². The summed E-state index contributed by atoms with van der Waals surface area (Å²) in [6.07, 6.45) is 0. The number of nitrogens with zero attached hydrogens (tertiary/aromatic N) is 1. The molecule has 0 amide bonds. The summed E-state index contributed by atoms with van der Waals surface area (Å²) in [6.45, 7) is 1.82. The van der Waals surface area contributed by atoms with Gasteiger partial charge in [0.2, 0.25) is 0 Å². The van der Waals surface area contributed by atoms with E-state index in [1.165, 1.54) is 0 Å². The number of esters is 1. The number of hydrogen-bond acceptors (Lipinski definition) is 6. The zero-order valence-electron chi connectivity index (χ0n) is 14.6. The van der Waals surface area contributed by atoms with Crippen LogP contribution in [-0.4, -0.2) is 24.8 Å². The van der Waals surface area contributed by atoms with Gasteiger partial charge in [-0.3, -0.25) is 0 Å². The van der Waals surface area contributed by atoms with Crippen LogP contribution in [0.1, 0.15) is 11.3 Å². The van der Waals surface area contributed by atoms with Gasteiger partial charge in [-0.05, 0) is 48.9 Å². The molecule has 0 bridgehead atoms. The molecule has 0 radical (unpaired) electrons. The minimum Gasteiger partial charge on any atom is -0.497 e. The Morgan fingerprint density at radius 3 is 2.62 bits per heavy atom. The smallest absolute Gasteiger partial charge is 0.344 e. The number of rotatable bonds is 7. The largest absolute Gasteiger partial charge is 0.497 e. The molecular weight excluding hydrogens is 334 g/mol. The van der Waals surface area contributed by atoms with Gasteiger partial charge in [0.25, 0.3) is 0 Å². The molecule has 26 heavy (non-hydrogen) atoms. The van der Waals surface area contributed by atoms with E-state index in [-0.39, 0.29) is 13.2 Å². The Bertz CT molecular complexity index is 870. The molecule has 6 nitrogen and oxygen atoms in total. The maximum Gasteiger partial charge on any atom is 0.344 e. The summed E-state index contributed by atoms with van der Waals surface area (Å²) in [5, 5.41) is 3.91. The summed E-state index contributed by atoms with van der Waals surface area (Å²) in [6, 6.07) is 16.6. The molecule has 0 aliphatic heterocycles. The molecule has 134 valence electrons. The van der Waals surface area contributed by atoms with Crippen LogP contribution in [0.2, 0.25) is 0 Å². The van der Waals surface area contributed by atoms with Gasteiger partial charge in [-0.25, -0.2) is 4.79 Å². The lowest BCUT2D eigenvalue weighted by Gasteiger charge is -2.06. The van der Waals surface area contributed by atoms with E-state index >= 15 is 0 Å². The molecular formula is C20H19NO5. The molecule has 0 aliphatic rings. The average Bonchev–Trinajstić information content (AvgIpc) is 3.14. The fourth-order valence-corrected chi connectivity index (χ4v) is 2.31. The fourth-order valence-electron chi connectivity index (χ4n) is 2.31. The number of methoxy groups -OCH3 is 1. The molecule has 0 atom stereocenters. The van der Waals surface area contributed by atoms with Crippen LogP contribution in [0.25, 0.3) is 11.3 Å². The highest BCUT2D eigenvalue weighted by atomic mass is 16.6. The lowest BCUT2D eigenvalue weighted by atomic mass is 10.1. The van der Waals surface area contributed by atoms with Gasteiger partial charge in [-0.15, -0.1) is 0 Å². The highest BCUT2D eigenvalue weighted by Gasteiger charge is 2.10. The molecule has 0 N–H and O–H groups in total. The van der Waals surface area contributed by atoms with Gasteiger partial charge < -0.3 is 18.7 Å². The van der Waals surface area contributed by atoms with Crippen molar-refractivity contribution in [2.24, 2.45) is 0 Å². The van der Waals surface area contributed by atoms with Gasteiger partial charge in [-0.1, -0.05) is 17.3 Å². The lowest BCUT2D eigenvalue weighted by Crippen LogP contribution is -2.14. The summed E-state index contributed by atoms with van der Waals surface area (Å²) in [4.78, 5) is 11.8. The maximum atomic E-state index is 11.8. The van der Waals surface area contributed by atoms with Crippen LogP contribution >= 0.6 is 0 Å². The minimum atomic E-state index is -0.472. The molecule has 0 spiro atoms. The van der Waals surface area contributed by atoms with Crippen LogP contribution in [0, 0.1) is 6.92 Å². The Morgan fingerprint density at radius 1 is 1.08 bits per heavy atom. The van der Waals surface area contributed by atoms with Crippen LogP contribution in [0.5, 0.6) is 11.5 Å². The monoisotopic (exact) mass is 353 g/mol. The van der Waals surface area contributed by atoms with Crippen LogP contribution in [0.15, 0.2) is 59.1 Å². The van der Waals surface area contributed by atoms with E-state index in [0.717, 1.165) is 16.9 Å². The normalized spacial score (nSPS) is 10.4. The van der Waals surface area contributed by atoms with Crippen LogP contribution in [0.4, 0.5) is 0 Å². The Labute approximate surface area is 151 Å². The summed E-state index contributed by atoms with van der Waals surface area (Å²) in [5.74, 6) is 1.51. The van der Waals surface area contributed by atoms with E-state index in [9.17, 15) is 4.79 Å². The van der Waals surface area contributed by atoms with Crippen molar-refractivity contribution in [3.8, 4) is 22.8 Å². The van der Waals surface area contributed by atoms with Crippen molar-refractivity contribution in [1.29, 1.82) is 0 Å². The molecule has 0 aliphatic carbocycles. The molecule has 3 rings (SSSR count). The Hall–Kier alpha value is -3.28. The van der Waals surface area contributed by atoms with E-state index in [4.69, 9.17) is 18.7 Å². The second-order valence-corrected chi connectivity index (χ2v) is 5.68. The topological polar surface area (TPSA) is 70.8 Å². The maximum absolute atomic E-state index is 11.8. The molecule has 1 aromatic heterocycles. The van der Waals surface area contributed by atoms with Crippen molar-refractivity contribution in [2.45, 2.75) is 13.5 Å². The number of aryl methyl sites for hydroxylation is 1. The average molecular weight is 353 g/mol. The first-order valence-electron chi connectivity index (χ1n) is 8.09. The van der Waals surface area contributed by atoms with Crippen molar-refractivity contribution in [1.82, 2.24) is 5.16 Å². The van der Waals surface area contributed by atoms with E-state index < -0.39 is 5.97 Å². The first kappa shape index (κ1) is 17.5. The van der Waals surface area contributed by atoms with Gasteiger partial charge in [-0.2, -0.15) is 0 Å². The van der Waals surface area contributed by atoms with E-state index in [1.807, 2.05) is 49.4 Å². The zero-order valence-corrected chi connectivity index (χ0v) is 14.6. The first-order chi connectivity index (χ1) is 12.6. The van der Waals surface area contributed by atoms with Crippen molar-refractivity contribution in [3.63, 3.8) is 0 Å². The quantitative estimate of drug-likeness (QED) is 0.602. The van der Waals surface area contributed by atoms with Crippen LogP contribution in [-0.2, 0) is 16.1 Å². The number of hydrogen-bond donors (Lipinski definition) is 0. The summed E-state index contributed by atoms with van der Waals surface area (Å²) in [7, 11) is 1.61. The number of carbonyl (C=O) groups is 1. The third-order valence-corrected chi connectivity index (χ3v) is 3.66. The summed E-state index contributed by atoms with van der Waals surface area (Å²) >= 11 is 0. The predicted octanol–water partition coefficient (Wildman–Crippen LogP) is 3.78. The minimum absolute atomic E-state index is 0.0235. The molecule has 6 heteroatoms. The van der Waals surface area contributed by atoms with E-state index in [2.05, 4.69) is 5.16 Å². The van der Waals surface area contributed by atoms with Gasteiger partial charge >= 0.3 is 5.97 Å². The van der Waals surface area contributed by atoms with Gasteiger partial charge in [0, 0.05) is 11.6 Å². The highest BCUT2D eigenvalue weighted by molar-refractivity contribution is 5.71. The number of ether oxygens (including phenoxy) is 3. The Balaban J connectivity index is 1.50. The predicted molar refractivity (Wildman–Crippen MR) is 95.0 cm³/mol. The Kier molecular flexibility index (Phi) is 5.53. The Morgan fingerprint density at radius 2 is 1.88 bits per heavy atom. The zero-order chi connectivity index (χ0) is 18.4. The molecule has 3 aromatic rings. The summed E-state index contributed by atoms with van der Waals surface area (Å²) in [5.41, 5.74) is 2.45. The molecule has 1 heterocycles. The third kappa shape index (κ3) is 4.63. The second kappa shape index (κ2) is 8.20. The number of aromatic nitrogens is 1. The highest BCUT2D eigenvalue weighted by Crippen LogP contribution is 2.23. The van der Waals surface area contributed by atoms with Crippen molar-refractivity contribution in [2.75, 3.05) is 13.7 Å². The lowest BCUT2D eigenvalue weighted by molar-refractivity contribution is -0.147. The number of carbonyl (C=O) groups excluding carboxylic acids is 1. The van der Waals surface area contributed by atoms with Gasteiger partial charge in [0.1, 0.15) is 23.8 Å². The van der Waals surface area contributed by atoms with Crippen molar-refractivity contribution >= 4 is 5.97 Å². The molecule has 0 saturated heterocycles. The SMILES string of the molecule is COc1ccc(-c2cc(COC(=O)COc3cccc(C)c3)no2)cc1.